The summed E-state index contributed by atoms with van der Waals surface area (Å²) in [4.78, 5) is 28.3. The van der Waals surface area contributed by atoms with Crippen LogP contribution in [0.1, 0.15) is 61.2 Å². The summed E-state index contributed by atoms with van der Waals surface area (Å²) >= 11 is 24.6. The summed E-state index contributed by atoms with van der Waals surface area (Å²) in [6.07, 6.45) is 8.79. The molecule has 0 aliphatic carbocycles. The maximum absolute atomic E-state index is 14.4. The van der Waals surface area contributed by atoms with Gasteiger partial charge in [0.2, 0.25) is 11.5 Å². The molecule has 336 valence electrons. The van der Waals surface area contributed by atoms with Crippen LogP contribution in [-0.2, 0) is 4.79 Å². The number of likely N-dealkylation sites (N-methyl/N-ethyl adjacent to an activating group) is 1. The Morgan fingerprint density at radius 2 is 1.08 bits per heavy atom. The number of ether oxygens (including phenoxy) is 2. The predicted octanol–water partition coefficient (Wildman–Crippen LogP) is 10.9. The molecule has 64 heavy (non-hydrogen) atoms. The minimum atomic E-state index is -1.04. The molecule has 0 spiro atoms. The second-order valence-corrected chi connectivity index (χ2v) is 17.1. The third-order valence-corrected chi connectivity index (χ3v) is 13.0. The molecule has 0 fully saturated rings. The van der Waals surface area contributed by atoms with Crippen molar-refractivity contribution >= 4 is 97.0 Å². The average molecular weight is 964 g/mol. The van der Waals surface area contributed by atoms with Crippen molar-refractivity contribution in [2.24, 2.45) is 0 Å². The smallest absolute Gasteiger partial charge is 0.254 e. The summed E-state index contributed by atoms with van der Waals surface area (Å²) in [5.74, 6) is -3.95. The van der Waals surface area contributed by atoms with Crippen molar-refractivity contribution in [2.45, 2.75) is 45.1 Å². The first kappa shape index (κ1) is 45.3. The lowest BCUT2D eigenvalue weighted by molar-refractivity contribution is -0.141. The van der Waals surface area contributed by atoms with E-state index in [4.69, 9.17) is 76.2 Å². The average Bonchev–Trinajstić information content (AvgIpc) is 3.90. The van der Waals surface area contributed by atoms with Gasteiger partial charge in [-0.25, -0.2) is 27.5 Å². The second kappa shape index (κ2) is 18.0. The number of fused-ring (bicyclic) bond motifs is 2. The number of furan rings is 2. The van der Waals surface area contributed by atoms with Gasteiger partial charge in [0.05, 0.1) is 43.4 Å². The number of anilines is 2. The van der Waals surface area contributed by atoms with E-state index < -0.39 is 41.6 Å². The summed E-state index contributed by atoms with van der Waals surface area (Å²) in [5, 5.41) is -0.333. The highest BCUT2D eigenvalue weighted by Crippen LogP contribution is 2.44. The summed E-state index contributed by atoms with van der Waals surface area (Å²) in [6, 6.07) is 1.20. The zero-order chi connectivity index (χ0) is 45.9. The van der Waals surface area contributed by atoms with Gasteiger partial charge >= 0.3 is 0 Å². The number of nitrogen functional groups attached to an aromatic ring is 2. The molecule has 0 bridgehead atoms. The quantitative estimate of drug-likeness (QED) is 0.0944. The van der Waals surface area contributed by atoms with Gasteiger partial charge in [-0.15, -0.1) is 0 Å². The van der Waals surface area contributed by atoms with Crippen LogP contribution in [0.4, 0.5) is 29.2 Å². The van der Waals surface area contributed by atoms with Crippen LogP contribution >= 0.6 is 46.4 Å². The molecule has 20 heteroatoms. The van der Waals surface area contributed by atoms with Gasteiger partial charge in [0.1, 0.15) is 41.6 Å². The minimum absolute atomic E-state index is 0.0133. The molecule has 12 nitrogen and oxygen atoms in total. The Bertz CT molecular complexity index is 2670. The Morgan fingerprint density at radius 1 is 0.703 bits per heavy atom. The molecule has 2 aromatic carbocycles. The highest BCUT2D eigenvalue weighted by Gasteiger charge is 2.36. The maximum Gasteiger partial charge on any atom is 0.254 e. The summed E-state index contributed by atoms with van der Waals surface area (Å²) in [7, 11) is 3.44. The number of halogens is 8. The molecule has 6 heterocycles. The number of hydrogen-bond acceptors (Lipinski definition) is 11. The predicted molar refractivity (Wildman–Crippen MR) is 239 cm³/mol. The molecular formula is C44H39Cl4F4N7O5. The summed E-state index contributed by atoms with van der Waals surface area (Å²) in [5.41, 5.74) is 16.2. The van der Waals surface area contributed by atoms with E-state index in [1.54, 1.807) is 43.9 Å². The molecule has 2 atom stereocenters. The highest BCUT2D eigenvalue weighted by molar-refractivity contribution is 6.36. The lowest BCUT2D eigenvalue weighted by Crippen LogP contribution is -2.58. The van der Waals surface area contributed by atoms with E-state index >= 15 is 0 Å². The van der Waals surface area contributed by atoms with E-state index in [2.05, 4.69) is 19.8 Å². The first-order valence-electron chi connectivity index (χ1n) is 19.8. The van der Waals surface area contributed by atoms with Crippen LogP contribution in [0.25, 0.3) is 33.1 Å². The zero-order valence-electron chi connectivity index (χ0n) is 34.5. The number of aromatic nitrogens is 2. The molecule has 6 aromatic rings. The number of hydrogen-bond donors (Lipinski definition) is 2. The molecular weight excluding hydrogens is 924 g/mol. The molecule has 8 rings (SSSR count). The Balaban J connectivity index is 1.00. The number of benzene rings is 2. The van der Waals surface area contributed by atoms with Gasteiger partial charge in [-0.2, -0.15) is 0 Å². The third kappa shape index (κ3) is 8.20. The molecule has 0 unspecified atom stereocenters. The highest BCUT2D eigenvalue weighted by atomic mass is 35.5. The van der Waals surface area contributed by atoms with Crippen molar-refractivity contribution in [3.63, 3.8) is 0 Å². The fraction of sp³-hybridized carbons (Fsp3) is 0.295. The van der Waals surface area contributed by atoms with Crippen LogP contribution in [0.5, 0.6) is 11.5 Å². The lowest BCUT2D eigenvalue weighted by Gasteiger charge is -2.42. The van der Waals surface area contributed by atoms with Crippen molar-refractivity contribution in [3.05, 3.63) is 115 Å². The van der Waals surface area contributed by atoms with Crippen LogP contribution < -0.4 is 20.9 Å². The number of rotatable bonds is 11. The van der Waals surface area contributed by atoms with Gasteiger partial charge in [0.15, 0.2) is 22.8 Å². The first-order valence-corrected chi connectivity index (χ1v) is 21.4. The van der Waals surface area contributed by atoms with Crippen molar-refractivity contribution < 1.29 is 40.7 Å². The Hall–Kier alpha value is -5.23. The van der Waals surface area contributed by atoms with Gasteiger partial charge in [0.25, 0.3) is 5.91 Å². The third-order valence-electron chi connectivity index (χ3n) is 11.4. The molecule has 0 saturated heterocycles. The molecule has 4 N–H and O–H groups in total. The minimum Gasteiger partial charge on any atom is -0.478 e. The van der Waals surface area contributed by atoms with Crippen LogP contribution in [0, 0.1) is 23.3 Å². The Labute approximate surface area is 383 Å². The van der Waals surface area contributed by atoms with E-state index in [-0.39, 0.29) is 71.4 Å². The number of nitrogens with zero attached hydrogens (tertiary/aromatic N) is 5. The van der Waals surface area contributed by atoms with Crippen LogP contribution in [0.15, 0.2) is 58.0 Å². The largest absolute Gasteiger partial charge is 0.478 e. The number of pyridine rings is 2. The van der Waals surface area contributed by atoms with Gasteiger partial charge in [-0.3, -0.25) is 14.6 Å². The van der Waals surface area contributed by atoms with E-state index in [0.29, 0.717) is 61.9 Å². The SMILES string of the molecule is C[C@@H](Oc1c(N)ncc2c(C3=CCN(C(C(=O)N(C)C)N4CC=C(c5coc6c(O[C@H](C)c7c(Cl)c(F)cc(F)c7Cl)c(N)ncc56)CC4)CC3)coc12)c1c(Cl)c(F)cc(F)c1Cl. The van der Waals surface area contributed by atoms with Gasteiger partial charge in [0, 0.05) is 87.1 Å². The van der Waals surface area contributed by atoms with Crippen molar-refractivity contribution in [1.82, 2.24) is 24.7 Å². The summed E-state index contributed by atoms with van der Waals surface area (Å²) in [6.45, 7) is 4.97. The normalized spacial score (nSPS) is 16.0. The number of carbonyl (C=O) groups is 1. The molecule has 2 aliphatic rings. The molecule has 4 aromatic heterocycles. The monoisotopic (exact) mass is 961 g/mol. The maximum atomic E-state index is 14.4. The van der Waals surface area contributed by atoms with E-state index in [9.17, 15) is 22.4 Å². The molecule has 2 aliphatic heterocycles. The topological polar surface area (TPSA) is 149 Å². The van der Waals surface area contributed by atoms with Crippen LogP contribution in [0.3, 0.4) is 0 Å². The Kier molecular flexibility index (Phi) is 12.7. The molecule has 1 amide bonds. The Morgan fingerprint density at radius 3 is 1.41 bits per heavy atom. The first-order chi connectivity index (χ1) is 30.5. The number of nitrogens with two attached hydrogens (primary N) is 2. The summed E-state index contributed by atoms with van der Waals surface area (Å²) < 4.78 is 81.5. The zero-order valence-corrected chi connectivity index (χ0v) is 37.6. The second-order valence-electron chi connectivity index (χ2n) is 15.6. The van der Waals surface area contributed by atoms with Crippen molar-refractivity contribution in [1.29, 1.82) is 0 Å². The van der Waals surface area contributed by atoms with E-state index in [1.165, 1.54) is 13.8 Å². The van der Waals surface area contributed by atoms with Crippen molar-refractivity contribution in [3.8, 4) is 11.5 Å². The number of amides is 1. The van der Waals surface area contributed by atoms with Gasteiger partial charge in [-0.05, 0) is 37.8 Å². The van der Waals surface area contributed by atoms with Gasteiger partial charge in [-0.1, -0.05) is 58.6 Å². The van der Waals surface area contributed by atoms with E-state index in [1.807, 2.05) is 12.2 Å². The fourth-order valence-corrected chi connectivity index (χ4v) is 9.44. The van der Waals surface area contributed by atoms with Crippen molar-refractivity contribution in [2.75, 3.05) is 51.7 Å². The van der Waals surface area contributed by atoms with Gasteiger partial charge < -0.3 is 34.7 Å². The standard InChI is InChI=1S/C44H39Cl4F4N7O5/c1-19(31-33(45)27(49)13-28(50)34(31)46)63-39-37-23(15-55-41(39)53)25(17-61-37)21-5-9-58(10-6-21)43(44(60)57(3)4)59-11-7-22(8-12-59)26-18-62-38-24(26)16-56-42(54)40(38)64-20(2)32-35(47)29(51)14-30(52)36(32)48/h5,7,13-20,43H,6,8-12H2,1-4H3,(H2,53,55)(H2,54,56)/t19-,20-/m1/s1. The molecule has 0 saturated carbocycles. The van der Waals surface area contributed by atoms with Crippen LogP contribution in [-0.4, -0.2) is 77.0 Å². The van der Waals surface area contributed by atoms with E-state index in [0.717, 1.165) is 22.3 Å². The fourth-order valence-electron chi connectivity index (χ4n) is 8.13. The van der Waals surface area contributed by atoms with Crippen LogP contribution in [0.2, 0.25) is 20.1 Å². The molecule has 0 radical (unpaired) electrons. The lowest BCUT2D eigenvalue weighted by atomic mass is 9.97. The number of carbonyl (C=O) groups excluding carboxylic acids is 1.